The van der Waals surface area contributed by atoms with E-state index in [0.717, 1.165) is 13.1 Å². The van der Waals surface area contributed by atoms with Crippen molar-refractivity contribution < 1.29 is 28.7 Å². The molecule has 0 aromatic heterocycles. The zero-order chi connectivity index (χ0) is 28.0. The summed E-state index contributed by atoms with van der Waals surface area (Å²) in [4.78, 5) is 62.3. The van der Waals surface area contributed by atoms with Crippen molar-refractivity contribution in [3.8, 4) is 0 Å². The second kappa shape index (κ2) is 16.7. The number of hydrogen-bond acceptors (Lipinski definition) is 7. The van der Waals surface area contributed by atoms with Gasteiger partial charge in [0.2, 0.25) is 23.6 Å². The molecule has 1 saturated heterocycles. The maximum absolute atomic E-state index is 13.2. The predicted octanol–water partition coefficient (Wildman–Crippen LogP) is 0.527. The van der Waals surface area contributed by atoms with E-state index >= 15 is 0 Å². The maximum Gasteiger partial charge on any atom is 0.330 e. The molecule has 1 heterocycles. The summed E-state index contributed by atoms with van der Waals surface area (Å²) in [6.45, 7) is 11.0. The first-order valence-corrected chi connectivity index (χ1v) is 13.2. The van der Waals surface area contributed by atoms with Crippen molar-refractivity contribution in [1.82, 2.24) is 21.3 Å². The van der Waals surface area contributed by atoms with E-state index in [2.05, 4.69) is 21.3 Å². The summed E-state index contributed by atoms with van der Waals surface area (Å²) in [6, 6.07) is -2.39. The summed E-state index contributed by atoms with van der Waals surface area (Å²) in [5.74, 6) is -2.54. The summed E-state index contributed by atoms with van der Waals surface area (Å²) in [5.41, 5.74) is 5.30. The highest BCUT2D eigenvalue weighted by Gasteiger charge is 2.31. The molecule has 11 heteroatoms. The third-order valence-corrected chi connectivity index (χ3v) is 6.07. The first-order valence-electron chi connectivity index (χ1n) is 13.2. The first kappa shape index (κ1) is 32.1. The lowest BCUT2D eigenvalue weighted by Crippen LogP contribution is -2.57. The highest BCUT2D eigenvalue weighted by atomic mass is 16.5. The van der Waals surface area contributed by atoms with E-state index in [1.807, 2.05) is 27.7 Å². The second-order valence-electron chi connectivity index (χ2n) is 10.2. The minimum Gasteiger partial charge on any atom is -0.463 e. The van der Waals surface area contributed by atoms with E-state index in [0.29, 0.717) is 19.3 Å². The molecule has 0 aliphatic carbocycles. The number of piperidine rings is 1. The molecule has 0 radical (unpaired) electrons. The molecule has 0 saturated carbocycles. The fourth-order valence-corrected chi connectivity index (χ4v) is 4.07. The number of hydrogen-bond donors (Lipinski definition) is 5. The van der Waals surface area contributed by atoms with Gasteiger partial charge in [0.1, 0.15) is 12.1 Å². The molecule has 6 N–H and O–H groups in total. The Bertz CT molecular complexity index is 807. The van der Waals surface area contributed by atoms with Crippen molar-refractivity contribution in [2.24, 2.45) is 23.5 Å². The van der Waals surface area contributed by atoms with Crippen molar-refractivity contribution in [2.75, 3.05) is 19.7 Å². The zero-order valence-electron chi connectivity index (χ0n) is 22.8. The molecular weight excluding hydrogens is 478 g/mol. The highest BCUT2D eigenvalue weighted by Crippen LogP contribution is 2.14. The Morgan fingerprint density at radius 1 is 1.00 bits per heavy atom. The van der Waals surface area contributed by atoms with Crippen LogP contribution in [0.4, 0.5) is 0 Å². The van der Waals surface area contributed by atoms with Gasteiger partial charge < -0.3 is 31.7 Å². The second-order valence-corrected chi connectivity index (χ2v) is 10.2. The third-order valence-electron chi connectivity index (χ3n) is 6.07. The molecule has 1 aliphatic rings. The quantitative estimate of drug-likeness (QED) is 0.154. The van der Waals surface area contributed by atoms with Crippen LogP contribution in [0.3, 0.4) is 0 Å². The molecule has 210 valence electrons. The maximum atomic E-state index is 13.2. The monoisotopic (exact) mass is 523 g/mol. The van der Waals surface area contributed by atoms with Crippen LogP contribution in [-0.4, -0.2) is 67.4 Å². The van der Waals surface area contributed by atoms with E-state index in [1.54, 1.807) is 13.0 Å². The fourth-order valence-electron chi connectivity index (χ4n) is 4.07. The molecule has 0 spiro atoms. The van der Waals surface area contributed by atoms with Crippen LogP contribution in [0.1, 0.15) is 66.7 Å². The smallest absolute Gasteiger partial charge is 0.330 e. The lowest BCUT2D eigenvalue weighted by molar-refractivity contribution is -0.137. The number of nitrogens with one attached hydrogen (secondary N) is 4. The van der Waals surface area contributed by atoms with Crippen LogP contribution in [0.25, 0.3) is 0 Å². The predicted molar refractivity (Wildman–Crippen MR) is 140 cm³/mol. The van der Waals surface area contributed by atoms with Crippen LogP contribution < -0.4 is 27.0 Å². The number of carbonyl (C=O) groups is 5. The Hall–Kier alpha value is -2.95. The number of rotatable bonds is 15. The van der Waals surface area contributed by atoms with Gasteiger partial charge >= 0.3 is 5.97 Å². The first-order chi connectivity index (χ1) is 17.4. The fraction of sp³-hybridized carbons (Fsp3) is 0.731. The summed E-state index contributed by atoms with van der Waals surface area (Å²) in [7, 11) is 0. The van der Waals surface area contributed by atoms with Gasteiger partial charge in [0.15, 0.2) is 0 Å². The van der Waals surface area contributed by atoms with Crippen molar-refractivity contribution >= 4 is 29.6 Å². The van der Waals surface area contributed by atoms with Crippen molar-refractivity contribution in [3.05, 3.63) is 12.2 Å². The Labute approximate surface area is 220 Å². The van der Waals surface area contributed by atoms with Crippen molar-refractivity contribution in [1.29, 1.82) is 0 Å². The van der Waals surface area contributed by atoms with Gasteiger partial charge in [-0.2, -0.15) is 0 Å². The van der Waals surface area contributed by atoms with Gasteiger partial charge in [0, 0.05) is 24.5 Å². The molecule has 0 aromatic rings. The van der Waals surface area contributed by atoms with Gasteiger partial charge in [-0.15, -0.1) is 0 Å². The Morgan fingerprint density at radius 3 is 2.19 bits per heavy atom. The average Bonchev–Trinajstić information content (AvgIpc) is 2.83. The molecular formula is C26H45N5O6. The molecule has 37 heavy (non-hydrogen) atoms. The van der Waals surface area contributed by atoms with Crippen LogP contribution in [0.5, 0.6) is 0 Å². The minimum absolute atomic E-state index is 0.00402. The lowest BCUT2D eigenvalue weighted by Gasteiger charge is -2.29. The van der Waals surface area contributed by atoms with Gasteiger partial charge in [0.05, 0.1) is 6.61 Å². The summed E-state index contributed by atoms with van der Waals surface area (Å²) in [5, 5.41) is 11.6. The zero-order valence-corrected chi connectivity index (χ0v) is 22.8. The molecule has 11 nitrogen and oxygen atoms in total. The number of amides is 4. The van der Waals surface area contributed by atoms with E-state index in [9.17, 15) is 24.0 Å². The summed E-state index contributed by atoms with van der Waals surface area (Å²) >= 11 is 0. The molecule has 1 aliphatic heterocycles. The Balaban J connectivity index is 2.98. The van der Waals surface area contributed by atoms with E-state index in [4.69, 9.17) is 10.5 Å². The van der Waals surface area contributed by atoms with Gasteiger partial charge in [-0.1, -0.05) is 33.8 Å². The average molecular weight is 524 g/mol. The molecule has 3 atom stereocenters. The summed E-state index contributed by atoms with van der Waals surface area (Å²) in [6.07, 6.45) is 4.63. The SMILES string of the molecule is CCOC(=O)/C=C/[C@H](CC(C)C)NC(=O)[C@H](CCC(N)=O)NC(=O)[C@@H](NC(=O)C1CCNCC1)C(C)C. The Morgan fingerprint density at radius 2 is 1.65 bits per heavy atom. The van der Waals surface area contributed by atoms with E-state index in [1.165, 1.54) is 6.08 Å². The van der Waals surface area contributed by atoms with E-state index in [-0.39, 0.29) is 43.1 Å². The van der Waals surface area contributed by atoms with Gasteiger partial charge in [0.25, 0.3) is 0 Å². The number of ether oxygens (including phenoxy) is 1. The Kier molecular flexibility index (Phi) is 14.5. The normalized spacial score (nSPS) is 16.7. The lowest BCUT2D eigenvalue weighted by atomic mass is 9.95. The molecule has 1 rings (SSSR count). The topological polar surface area (TPSA) is 169 Å². The van der Waals surface area contributed by atoms with Crippen LogP contribution in [-0.2, 0) is 28.7 Å². The van der Waals surface area contributed by atoms with E-state index < -0.39 is 41.8 Å². The largest absolute Gasteiger partial charge is 0.463 e. The van der Waals surface area contributed by atoms with Crippen molar-refractivity contribution in [2.45, 2.75) is 84.8 Å². The molecule has 1 fully saturated rings. The van der Waals surface area contributed by atoms with Crippen molar-refractivity contribution in [3.63, 3.8) is 0 Å². The minimum atomic E-state index is -1.05. The van der Waals surface area contributed by atoms with Crippen LogP contribution in [0, 0.1) is 17.8 Å². The third kappa shape index (κ3) is 12.7. The number of primary amides is 1. The molecule has 0 bridgehead atoms. The highest BCUT2D eigenvalue weighted by molar-refractivity contribution is 5.93. The standard InChI is InChI=1S/C26H45N5O6/c1-6-37-22(33)10-7-19(15-16(2)3)29-25(35)20(8-9-21(27)32)30-26(36)23(17(4)5)31-24(34)18-11-13-28-14-12-18/h7,10,16-20,23,28H,6,8-9,11-15H2,1-5H3,(H2,27,32)(H,29,35)(H,30,36)(H,31,34)/b10-7+/t19-,20+,23+/m1/s1. The van der Waals surface area contributed by atoms with Gasteiger partial charge in [-0.25, -0.2) is 4.79 Å². The molecule has 0 aromatic carbocycles. The number of nitrogens with two attached hydrogens (primary N) is 1. The van der Waals surface area contributed by atoms with Crippen LogP contribution in [0.15, 0.2) is 12.2 Å². The molecule has 4 amide bonds. The van der Waals surface area contributed by atoms with Crippen LogP contribution in [0.2, 0.25) is 0 Å². The van der Waals surface area contributed by atoms with Gasteiger partial charge in [-0.3, -0.25) is 19.2 Å². The number of esters is 1. The summed E-state index contributed by atoms with van der Waals surface area (Å²) < 4.78 is 4.91. The molecule has 0 unspecified atom stereocenters. The van der Waals surface area contributed by atoms with Gasteiger partial charge in [-0.05, 0) is 57.5 Å². The van der Waals surface area contributed by atoms with Crippen LogP contribution >= 0.6 is 0 Å². The number of carbonyl (C=O) groups excluding carboxylic acids is 5.